The van der Waals surface area contributed by atoms with Crippen molar-refractivity contribution in [2.75, 3.05) is 0 Å². The van der Waals surface area contributed by atoms with Crippen molar-refractivity contribution < 1.29 is 9.72 Å². The predicted molar refractivity (Wildman–Crippen MR) is 99.4 cm³/mol. The van der Waals surface area contributed by atoms with Gasteiger partial charge in [-0.25, -0.2) is 0 Å². The largest absolute Gasteiger partial charge is 0.346 e. The van der Waals surface area contributed by atoms with Crippen LogP contribution in [0, 0.1) is 27.9 Å². The monoisotopic (exact) mass is 384 g/mol. The second kappa shape index (κ2) is 6.15. The number of aryl methyl sites for hydroxylation is 1. The van der Waals surface area contributed by atoms with E-state index in [1.54, 1.807) is 28.8 Å². The summed E-state index contributed by atoms with van der Waals surface area (Å²) in [4.78, 5) is 23.8. The first-order valence-electron chi connectivity index (χ1n) is 9.92. The van der Waals surface area contributed by atoms with Crippen molar-refractivity contribution in [2.45, 2.75) is 50.6 Å². The van der Waals surface area contributed by atoms with E-state index in [9.17, 15) is 14.9 Å². The van der Waals surface area contributed by atoms with Crippen molar-refractivity contribution in [3.63, 3.8) is 0 Å². The molecule has 0 aromatic carbocycles. The van der Waals surface area contributed by atoms with Crippen LogP contribution >= 0.6 is 0 Å². The first-order chi connectivity index (χ1) is 13.4. The van der Waals surface area contributed by atoms with Gasteiger partial charge < -0.3 is 5.32 Å². The van der Waals surface area contributed by atoms with Crippen molar-refractivity contribution >= 4 is 11.6 Å². The fraction of sp³-hybridized carbons (Fsp3) is 0.632. The van der Waals surface area contributed by atoms with E-state index >= 15 is 0 Å². The summed E-state index contributed by atoms with van der Waals surface area (Å²) >= 11 is 0. The molecule has 2 aromatic heterocycles. The summed E-state index contributed by atoms with van der Waals surface area (Å²) in [5.74, 6) is 1.56. The quantitative estimate of drug-likeness (QED) is 0.629. The molecule has 0 unspecified atom stereocenters. The zero-order chi connectivity index (χ0) is 19.5. The van der Waals surface area contributed by atoms with Crippen molar-refractivity contribution in [3.8, 4) is 0 Å². The highest BCUT2D eigenvalue weighted by molar-refractivity contribution is 5.96. The lowest BCUT2D eigenvalue weighted by molar-refractivity contribution is -0.385. The summed E-state index contributed by atoms with van der Waals surface area (Å²) in [6.45, 7) is 0.258. The number of aromatic nitrogens is 4. The van der Waals surface area contributed by atoms with Crippen molar-refractivity contribution in [1.29, 1.82) is 0 Å². The molecule has 4 aliphatic rings. The van der Waals surface area contributed by atoms with E-state index < -0.39 is 10.8 Å². The average molecular weight is 384 g/mol. The lowest BCUT2D eigenvalue weighted by atomic mass is 9.53. The maximum absolute atomic E-state index is 12.7. The van der Waals surface area contributed by atoms with Crippen LogP contribution in [0.1, 0.15) is 54.6 Å². The van der Waals surface area contributed by atoms with E-state index in [1.807, 2.05) is 0 Å². The van der Waals surface area contributed by atoms with Gasteiger partial charge in [-0.3, -0.25) is 24.3 Å². The van der Waals surface area contributed by atoms with Gasteiger partial charge >= 0.3 is 5.69 Å². The van der Waals surface area contributed by atoms with E-state index in [0.29, 0.717) is 17.8 Å². The summed E-state index contributed by atoms with van der Waals surface area (Å²) in [6.07, 6.45) is 11.8. The van der Waals surface area contributed by atoms with Gasteiger partial charge in [-0.2, -0.15) is 10.2 Å². The number of nitrogens with zero attached hydrogens (tertiary/aromatic N) is 5. The van der Waals surface area contributed by atoms with Gasteiger partial charge in [0.2, 0.25) is 5.69 Å². The fourth-order valence-electron chi connectivity index (χ4n) is 6.08. The van der Waals surface area contributed by atoms with Gasteiger partial charge in [0, 0.05) is 25.4 Å². The van der Waals surface area contributed by atoms with Gasteiger partial charge in [0.1, 0.15) is 6.20 Å². The zero-order valence-corrected chi connectivity index (χ0v) is 15.9. The molecule has 28 heavy (non-hydrogen) atoms. The maximum atomic E-state index is 12.7. The maximum Gasteiger partial charge on any atom is 0.320 e. The Morgan fingerprint density at radius 2 is 1.89 bits per heavy atom. The number of hydrogen-bond donors (Lipinski definition) is 1. The SMILES string of the molecule is Cn1cc(CNC(=O)c2nn(C34CC5CC(CC(C5)C3)C4)cc2[N+](=O)[O-])cn1. The van der Waals surface area contributed by atoms with Crippen LogP contribution < -0.4 is 5.32 Å². The summed E-state index contributed by atoms with van der Waals surface area (Å²) in [6, 6.07) is 0. The number of carbonyl (C=O) groups excluding carboxylic acids is 1. The lowest BCUT2D eigenvalue weighted by Gasteiger charge is -2.56. The molecule has 4 bridgehead atoms. The lowest BCUT2D eigenvalue weighted by Crippen LogP contribution is -2.52. The molecule has 0 atom stereocenters. The first kappa shape index (κ1) is 17.4. The van der Waals surface area contributed by atoms with Crippen LogP contribution in [0.5, 0.6) is 0 Å². The highest BCUT2D eigenvalue weighted by Gasteiger charge is 2.53. The smallest absolute Gasteiger partial charge is 0.320 e. The van der Waals surface area contributed by atoms with Crippen LogP contribution in [0.15, 0.2) is 18.6 Å². The van der Waals surface area contributed by atoms with E-state index in [4.69, 9.17) is 0 Å². The molecule has 0 radical (unpaired) electrons. The molecule has 9 nitrogen and oxygen atoms in total. The second-order valence-electron chi connectivity index (χ2n) is 8.91. The molecule has 0 spiro atoms. The normalized spacial score (nSPS) is 30.5. The predicted octanol–water partition coefficient (Wildman–Crippen LogP) is 2.38. The van der Waals surface area contributed by atoms with Gasteiger partial charge in [0.05, 0.1) is 16.7 Å². The molecular formula is C19H24N6O3. The average Bonchev–Trinajstić information content (AvgIpc) is 3.25. The Bertz CT molecular complexity index is 910. The molecule has 9 heteroatoms. The van der Waals surface area contributed by atoms with Gasteiger partial charge in [0.15, 0.2) is 0 Å². The van der Waals surface area contributed by atoms with Crippen LogP contribution in [0.4, 0.5) is 5.69 Å². The van der Waals surface area contributed by atoms with Gasteiger partial charge in [-0.1, -0.05) is 0 Å². The standard InChI is InChI=1S/C19H24N6O3/c1-23-10-15(9-21-23)8-20-18(26)17-16(25(27)28)11-24(22-17)19-5-12-2-13(6-19)4-14(3-12)7-19/h9-14H,2-8H2,1H3,(H,20,26). The third-order valence-corrected chi connectivity index (χ3v) is 6.81. The summed E-state index contributed by atoms with van der Waals surface area (Å²) in [5, 5.41) is 22.9. The molecule has 1 N–H and O–H groups in total. The Morgan fingerprint density at radius 3 is 2.43 bits per heavy atom. The third kappa shape index (κ3) is 2.80. The molecule has 6 rings (SSSR count). The van der Waals surface area contributed by atoms with Crippen LogP contribution in [0.2, 0.25) is 0 Å². The van der Waals surface area contributed by atoms with E-state index in [-0.39, 0.29) is 23.5 Å². The zero-order valence-electron chi connectivity index (χ0n) is 15.9. The topological polar surface area (TPSA) is 108 Å². The highest BCUT2D eigenvalue weighted by atomic mass is 16.6. The van der Waals surface area contributed by atoms with Crippen LogP contribution in [-0.2, 0) is 19.1 Å². The Kier molecular flexibility index (Phi) is 3.82. The first-order valence-corrected chi connectivity index (χ1v) is 9.92. The molecule has 1 amide bonds. The van der Waals surface area contributed by atoms with Crippen LogP contribution in [-0.4, -0.2) is 30.4 Å². The number of nitrogens with one attached hydrogen (secondary N) is 1. The minimum absolute atomic E-state index is 0.0929. The molecular weight excluding hydrogens is 360 g/mol. The minimum atomic E-state index is -0.515. The van der Waals surface area contributed by atoms with Gasteiger partial charge in [-0.05, 0) is 56.3 Å². The van der Waals surface area contributed by atoms with E-state index in [0.717, 1.165) is 24.8 Å². The second-order valence-corrected chi connectivity index (χ2v) is 8.91. The highest BCUT2D eigenvalue weighted by Crippen LogP contribution is 2.58. The number of nitro groups is 1. The van der Waals surface area contributed by atoms with Crippen LogP contribution in [0.3, 0.4) is 0 Å². The molecule has 4 fully saturated rings. The molecule has 0 aliphatic heterocycles. The molecule has 0 saturated heterocycles. The fourth-order valence-corrected chi connectivity index (χ4v) is 6.08. The Morgan fingerprint density at radius 1 is 1.25 bits per heavy atom. The number of rotatable bonds is 5. The van der Waals surface area contributed by atoms with Crippen molar-refractivity contribution in [3.05, 3.63) is 40.0 Å². The summed E-state index contributed by atoms with van der Waals surface area (Å²) in [7, 11) is 1.79. The molecule has 2 aromatic rings. The van der Waals surface area contributed by atoms with Gasteiger partial charge in [0.25, 0.3) is 5.91 Å². The summed E-state index contributed by atoms with van der Waals surface area (Å²) in [5.41, 5.74) is 0.379. The number of hydrogen-bond acceptors (Lipinski definition) is 5. The van der Waals surface area contributed by atoms with Crippen molar-refractivity contribution in [1.82, 2.24) is 24.9 Å². The van der Waals surface area contributed by atoms with Crippen molar-refractivity contribution in [2.24, 2.45) is 24.8 Å². The van der Waals surface area contributed by atoms with E-state index in [1.165, 1.54) is 25.5 Å². The molecule has 2 heterocycles. The molecule has 4 aliphatic carbocycles. The molecule has 148 valence electrons. The van der Waals surface area contributed by atoms with Gasteiger partial charge in [-0.15, -0.1) is 0 Å². The third-order valence-electron chi connectivity index (χ3n) is 6.81. The minimum Gasteiger partial charge on any atom is -0.346 e. The Hall–Kier alpha value is -2.71. The van der Waals surface area contributed by atoms with E-state index in [2.05, 4.69) is 15.5 Å². The molecule has 4 saturated carbocycles. The van der Waals surface area contributed by atoms with Crippen LogP contribution in [0.25, 0.3) is 0 Å². The number of amides is 1. The number of carbonyl (C=O) groups is 1. The summed E-state index contributed by atoms with van der Waals surface area (Å²) < 4.78 is 3.42. The Balaban J connectivity index is 1.42. The Labute approximate surface area is 162 Å².